The van der Waals surface area contributed by atoms with Gasteiger partial charge in [0.1, 0.15) is 4.90 Å². The molecule has 0 amide bonds. The summed E-state index contributed by atoms with van der Waals surface area (Å²) in [5.41, 5.74) is -1.37. The number of alkyl halides is 3. The molecule has 0 atom stereocenters. The molecule has 3 aromatic heterocycles. The Bertz CT molecular complexity index is 1320. The van der Waals surface area contributed by atoms with E-state index in [0.29, 0.717) is 0 Å². The zero-order chi connectivity index (χ0) is 23.4. The molecule has 0 aliphatic carbocycles. The van der Waals surface area contributed by atoms with Crippen LogP contribution in [-0.4, -0.2) is 24.8 Å². The Labute approximate surface area is 173 Å². The summed E-state index contributed by atoms with van der Waals surface area (Å²) >= 11 is 0. The van der Waals surface area contributed by atoms with E-state index in [4.69, 9.17) is 0 Å². The molecule has 0 spiro atoms. The first kappa shape index (κ1) is 21.7. The average molecular weight is 482 g/mol. The molecule has 0 radical (unpaired) electrons. The summed E-state index contributed by atoms with van der Waals surface area (Å²) in [6.07, 6.45) is -2.39. The Balaban J connectivity index is 1.66. The van der Waals surface area contributed by atoms with E-state index in [-0.39, 0.29) is 40.7 Å². The molecular weight excluding hydrogens is 472 g/mol. The fraction of sp³-hybridized carbons (Fsp3) is 0.0588. The standard InChI is InChI=1S/C17H10F8N6S/c18-17(19,20)13-2-1-7-26-15(13)10-8-14-29-30-16(31(14)27-9-10)28-11-3-5-12(6-4-11)32(21,22,23,24)25/h1-9H,(H,28,30). The molecule has 0 aliphatic rings. The predicted octanol–water partition coefficient (Wildman–Crippen LogP) is 6.61. The molecule has 0 aliphatic heterocycles. The van der Waals surface area contributed by atoms with Gasteiger partial charge in [-0.2, -0.15) is 22.8 Å². The lowest BCUT2D eigenvalue weighted by Crippen LogP contribution is -2.08. The van der Waals surface area contributed by atoms with Crippen LogP contribution in [0.2, 0.25) is 0 Å². The highest BCUT2D eigenvalue weighted by Crippen LogP contribution is 3.02. The monoisotopic (exact) mass is 482 g/mol. The van der Waals surface area contributed by atoms with Gasteiger partial charge in [-0.05, 0) is 42.5 Å². The van der Waals surface area contributed by atoms with Gasteiger partial charge in [0, 0.05) is 17.4 Å². The second-order valence-corrected chi connectivity index (χ2v) is 8.96. The molecule has 3 heterocycles. The van der Waals surface area contributed by atoms with Crippen LogP contribution in [0.5, 0.6) is 0 Å². The Morgan fingerprint density at radius 3 is 2.22 bits per heavy atom. The third-order valence-electron chi connectivity index (χ3n) is 4.20. The fourth-order valence-corrected chi connectivity index (χ4v) is 3.44. The molecule has 4 rings (SSSR count). The van der Waals surface area contributed by atoms with Crippen molar-refractivity contribution in [2.75, 3.05) is 5.32 Å². The van der Waals surface area contributed by atoms with E-state index in [1.807, 2.05) is 0 Å². The zero-order valence-electron chi connectivity index (χ0n) is 15.4. The Hall–Kier alpha value is -3.49. The number of nitrogens with zero attached hydrogens (tertiary/aromatic N) is 5. The molecule has 1 N–H and O–H groups in total. The van der Waals surface area contributed by atoms with Crippen molar-refractivity contribution in [1.82, 2.24) is 24.8 Å². The van der Waals surface area contributed by atoms with Crippen LogP contribution in [0.15, 0.2) is 59.8 Å². The molecule has 0 fully saturated rings. The van der Waals surface area contributed by atoms with Crippen molar-refractivity contribution in [2.45, 2.75) is 11.1 Å². The molecule has 0 bridgehead atoms. The van der Waals surface area contributed by atoms with E-state index in [1.54, 1.807) is 0 Å². The summed E-state index contributed by atoms with van der Waals surface area (Å²) in [7, 11) is -9.80. The summed E-state index contributed by atoms with van der Waals surface area (Å²) in [4.78, 5) is 1.70. The van der Waals surface area contributed by atoms with Crippen molar-refractivity contribution in [3.63, 3.8) is 0 Å². The molecule has 170 valence electrons. The van der Waals surface area contributed by atoms with Gasteiger partial charge in [-0.1, -0.05) is 19.4 Å². The van der Waals surface area contributed by atoms with Gasteiger partial charge >= 0.3 is 16.4 Å². The molecule has 15 heteroatoms. The second-order valence-electron chi connectivity index (χ2n) is 6.55. The highest BCUT2D eigenvalue weighted by atomic mass is 32.5. The fourth-order valence-electron chi connectivity index (χ4n) is 2.79. The van der Waals surface area contributed by atoms with E-state index in [2.05, 4.69) is 25.6 Å². The van der Waals surface area contributed by atoms with E-state index in [9.17, 15) is 32.6 Å². The van der Waals surface area contributed by atoms with Gasteiger partial charge in [0.05, 0.1) is 17.5 Å². The van der Waals surface area contributed by atoms with Crippen molar-refractivity contribution < 1.29 is 32.6 Å². The van der Waals surface area contributed by atoms with Crippen molar-refractivity contribution in [3.8, 4) is 11.3 Å². The summed E-state index contributed by atoms with van der Waals surface area (Å²) in [6.45, 7) is 0. The van der Waals surface area contributed by atoms with Crippen LogP contribution in [0.3, 0.4) is 0 Å². The SMILES string of the molecule is FC(F)(F)c1cccnc1-c1cnn2c(Nc3ccc(S(F)(F)(F)(F)F)cc3)nnc2c1. The second kappa shape index (κ2) is 6.27. The van der Waals surface area contributed by atoms with Gasteiger partial charge in [0.25, 0.3) is 0 Å². The number of aromatic nitrogens is 5. The quantitative estimate of drug-likeness (QED) is 0.332. The summed E-state index contributed by atoms with van der Waals surface area (Å²) in [5.74, 6) is -0.108. The minimum atomic E-state index is -9.80. The number of rotatable bonds is 4. The van der Waals surface area contributed by atoms with Gasteiger partial charge in [0.2, 0.25) is 5.95 Å². The van der Waals surface area contributed by atoms with E-state index in [0.717, 1.165) is 35.0 Å². The first-order chi connectivity index (χ1) is 14.6. The molecule has 0 saturated carbocycles. The highest BCUT2D eigenvalue weighted by Gasteiger charge is 2.65. The number of anilines is 2. The number of hydrogen-bond acceptors (Lipinski definition) is 5. The minimum Gasteiger partial charge on any atom is -0.323 e. The molecule has 6 nitrogen and oxygen atoms in total. The Morgan fingerprint density at radius 2 is 1.59 bits per heavy atom. The molecule has 4 aromatic rings. The van der Waals surface area contributed by atoms with Crippen molar-refractivity contribution in [2.24, 2.45) is 0 Å². The zero-order valence-corrected chi connectivity index (χ0v) is 16.2. The Kier molecular flexibility index (Phi) is 4.26. The largest absolute Gasteiger partial charge is 0.418 e. The molecule has 1 aromatic carbocycles. The molecular formula is C17H10F8N6S. The van der Waals surface area contributed by atoms with Crippen molar-refractivity contribution in [3.05, 3.63) is 60.4 Å². The van der Waals surface area contributed by atoms with Gasteiger partial charge in [-0.25, -0.2) is 0 Å². The summed E-state index contributed by atoms with van der Waals surface area (Å²) < 4.78 is 105. The molecule has 0 unspecified atom stereocenters. The van der Waals surface area contributed by atoms with Crippen molar-refractivity contribution in [1.29, 1.82) is 0 Å². The third-order valence-corrected chi connectivity index (χ3v) is 5.37. The number of pyridine rings is 1. The van der Waals surface area contributed by atoms with Crippen LogP contribution in [-0.2, 0) is 6.18 Å². The molecule has 0 saturated heterocycles. The summed E-state index contributed by atoms with van der Waals surface area (Å²) in [6, 6.07) is 5.22. The topological polar surface area (TPSA) is 68.0 Å². The first-order valence-electron chi connectivity index (χ1n) is 8.47. The number of benzene rings is 1. The number of fused-ring (bicyclic) bond motifs is 1. The number of halogens is 8. The Morgan fingerprint density at radius 1 is 0.906 bits per heavy atom. The van der Waals surface area contributed by atoms with Crippen LogP contribution in [0, 0.1) is 0 Å². The summed E-state index contributed by atoms with van der Waals surface area (Å²) in [5, 5.41) is 14.0. The lowest BCUT2D eigenvalue weighted by Gasteiger charge is -2.40. The van der Waals surface area contributed by atoms with Crippen LogP contribution in [0.4, 0.5) is 44.2 Å². The van der Waals surface area contributed by atoms with E-state index >= 15 is 0 Å². The van der Waals surface area contributed by atoms with Gasteiger partial charge in [0.15, 0.2) is 5.65 Å². The van der Waals surface area contributed by atoms with Gasteiger partial charge in [-0.3, -0.25) is 4.98 Å². The lowest BCUT2D eigenvalue weighted by molar-refractivity contribution is -0.137. The molecule has 32 heavy (non-hydrogen) atoms. The smallest absolute Gasteiger partial charge is 0.323 e. The number of nitrogens with one attached hydrogen (secondary N) is 1. The maximum Gasteiger partial charge on any atom is 0.418 e. The van der Waals surface area contributed by atoms with E-state index in [1.165, 1.54) is 12.3 Å². The lowest BCUT2D eigenvalue weighted by atomic mass is 10.1. The van der Waals surface area contributed by atoms with Crippen LogP contribution < -0.4 is 5.32 Å². The van der Waals surface area contributed by atoms with Crippen molar-refractivity contribution >= 4 is 27.5 Å². The van der Waals surface area contributed by atoms with Gasteiger partial charge < -0.3 is 5.32 Å². The van der Waals surface area contributed by atoms with E-state index < -0.39 is 26.9 Å². The maximum atomic E-state index is 13.2. The highest BCUT2D eigenvalue weighted by molar-refractivity contribution is 8.45. The first-order valence-corrected chi connectivity index (χ1v) is 10.4. The van der Waals surface area contributed by atoms with Gasteiger partial charge in [-0.15, -0.1) is 10.2 Å². The van der Waals surface area contributed by atoms with Crippen LogP contribution >= 0.6 is 10.2 Å². The maximum absolute atomic E-state index is 13.2. The van der Waals surface area contributed by atoms with Crippen LogP contribution in [0.1, 0.15) is 5.56 Å². The third kappa shape index (κ3) is 4.28. The normalized spacial score (nSPS) is 14.8. The average Bonchev–Trinajstić information content (AvgIpc) is 3.08. The predicted molar refractivity (Wildman–Crippen MR) is 100 cm³/mol. The minimum absolute atomic E-state index is 0.00427. The van der Waals surface area contributed by atoms with Crippen LogP contribution in [0.25, 0.3) is 16.9 Å². The number of hydrogen-bond donors (Lipinski definition) is 1.